The van der Waals surface area contributed by atoms with Crippen molar-refractivity contribution in [1.29, 1.82) is 0 Å². The zero-order chi connectivity index (χ0) is 15.4. The highest BCUT2D eigenvalue weighted by Gasteiger charge is 2.05. The highest BCUT2D eigenvalue weighted by Crippen LogP contribution is 1.86. The van der Waals surface area contributed by atoms with E-state index in [-0.39, 0.29) is 11.8 Å². The molecule has 0 aliphatic heterocycles. The minimum Gasteiger partial charge on any atom is -0.353 e. The lowest BCUT2D eigenvalue weighted by Crippen LogP contribution is -2.43. The Morgan fingerprint density at radius 3 is 1.45 bits per heavy atom. The van der Waals surface area contributed by atoms with E-state index in [1.54, 1.807) is 0 Å². The summed E-state index contributed by atoms with van der Waals surface area (Å²) in [5.41, 5.74) is 0. The lowest BCUT2D eigenvalue weighted by atomic mass is 10.2. The van der Waals surface area contributed by atoms with Gasteiger partial charge in [-0.2, -0.15) is 0 Å². The molecule has 0 aromatic carbocycles. The van der Waals surface area contributed by atoms with Crippen molar-refractivity contribution in [2.75, 3.05) is 26.2 Å². The van der Waals surface area contributed by atoms with Crippen molar-refractivity contribution in [1.82, 2.24) is 21.3 Å². The topological polar surface area (TPSA) is 82.3 Å². The van der Waals surface area contributed by atoms with Gasteiger partial charge in [-0.25, -0.2) is 0 Å². The first-order valence-electron chi connectivity index (χ1n) is 7.49. The molecule has 0 aliphatic rings. The smallest absolute Gasteiger partial charge is 0.234 e. The Balaban J connectivity index is 3.51. The summed E-state index contributed by atoms with van der Waals surface area (Å²) >= 11 is 0. The molecule has 0 saturated carbocycles. The number of hydrogen-bond acceptors (Lipinski definition) is 4. The average molecular weight is 286 g/mol. The molecule has 2 atom stereocenters. The number of carbonyl (C=O) groups excluding carboxylic acids is 2. The molecule has 4 N–H and O–H groups in total. The molecule has 2 amide bonds. The van der Waals surface area contributed by atoms with Crippen LogP contribution in [-0.4, -0.2) is 50.1 Å². The van der Waals surface area contributed by atoms with Gasteiger partial charge in [-0.1, -0.05) is 13.8 Å². The standard InChI is InChI=1S/C14H30N4O2/c1-5-11(3)17-9-13(19)15-7-8-16-14(20)10-18-12(4)6-2/h11-12,17-18H,5-10H2,1-4H3,(H,15,19)(H,16,20)/t11-,12-/m0/s1. The summed E-state index contributed by atoms with van der Waals surface area (Å²) in [7, 11) is 0. The Kier molecular flexibility index (Phi) is 11.0. The van der Waals surface area contributed by atoms with Crippen LogP contribution in [0.3, 0.4) is 0 Å². The third kappa shape index (κ3) is 10.8. The molecule has 0 aromatic rings. The van der Waals surface area contributed by atoms with Gasteiger partial charge in [0.1, 0.15) is 0 Å². The van der Waals surface area contributed by atoms with Crippen molar-refractivity contribution in [2.24, 2.45) is 0 Å². The van der Waals surface area contributed by atoms with E-state index in [9.17, 15) is 9.59 Å². The third-order valence-electron chi connectivity index (χ3n) is 3.22. The van der Waals surface area contributed by atoms with Crippen molar-refractivity contribution in [3.63, 3.8) is 0 Å². The Morgan fingerprint density at radius 1 is 0.800 bits per heavy atom. The lowest BCUT2D eigenvalue weighted by Gasteiger charge is -2.12. The fraction of sp³-hybridized carbons (Fsp3) is 0.857. The quantitative estimate of drug-likeness (QED) is 0.403. The molecule has 0 rings (SSSR count). The van der Waals surface area contributed by atoms with E-state index < -0.39 is 0 Å². The molecule has 0 bridgehead atoms. The average Bonchev–Trinajstić information content (AvgIpc) is 2.46. The molecule has 6 nitrogen and oxygen atoms in total. The molecule has 0 heterocycles. The van der Waals surface area contributed by atoms with E-state index in [1.165, 1.54) is 0 Å². The van der Waals surface area contributed by atoms with Gasteiger partial charge in [0.2, 0.25) is 11.8 Å². The SMILES string of the molecule is CC[C@H](C)NCC(=O)NCCNC(=O)CN[C@@H](C)CC. The fourth-order valence-corrected chi connectivity index (χ4v) is 1.35. The van der Waals surface area contributed by atoms with E-state index in [1.807, 2.05) is 13.8 Å². The first-order valence-corrected chi connectivity index (χ1v) is 7.49. The predicted octanol–water partition coefficient (Wildman–Crippen LogP) is -0.00500. The maximum atomic E-state index is 11.5. The van der Waals surface area contributed by atoms with Crippen LogP contribution in [0.25, 0.3) is 0 Å². The molecular weight excluding hydrogens is 256 g/mol. The molecule has 0 unspecified atom stereocenters. The monoisotopic (exact) mass is 286 g/mol. The van der Waals surface area contributed by atoms with Crippen molar-refractivity contribution in [3.05, 3.63) is 0 Å². The van der Waals surface area contributed by atoms with E-state index in [0.717, 1.165) is 12.8 Å². The summed E-state index contributed by atoms with van der Waals surface area (Å²) < 4.78 is 0. The minimum absolute atomic E-state index is 0.0442. The summed E-state index contributed by atoms with van der Waals surface area (Å²) in [5, 5.41) is 11.7. The Morgan fingerprint density at radius 2 is 1.15 bits per heavy atom. The van der Waals surface area contributed by atoms with Gasteiger partial charge < -0.3 is 21.3 Å². The second-order valence-corrected chi connectivity index (χ2v) is 5.08. The number of rotatable bonds is 11. The largest absolute Gasteiger partial charge is 0.353 e. The van der Waals surface area contributed by atoms with Crippen LogP contribution in [0.5, 0.6) is 0 Å². The van der Waals surface area contributed by atoms with Gasteiger partial charge in [-0.05, 0) is 26.7 Å². The summed E-state index contributed by atoms with van der Waals surface area (Å²) in [6.45, 7) is 9.76. The van der Waals surface area contributed by atoms with Crippen LogP contribution in [0, 0.1) is 0 Å². The van der Waals surface area contributed by atoms with Crippen molar-refractivity contribution in [2.45, 2.75) is 52.6 Å². The number of hydrogen-bond donors (Lipinski definition) is 4. The van der Waals surface area contributed by atoms with E-state index >= 15 is 0 Å². The van der Waals surface area contributed by atoms with Gasteiger partial charge in [0.25, 0.3) is 0 Å². The normalized spacial score (nSPS) is 13.6. The van der Waals surface area contributed by atoms with Gasteiger partial charge in [0, 0.05) is 25.2 Å². The van der Waals surface area contributed by atoms with Gasteiger partial charge in [-0.3, -0.25) is 9.59 Å². The summed E-state index contributed by atoms with van der Waals surface area (Å²) in [4.78, 5) is 22.9. The van der Waals surface area contributed by atoms with Crippen molar-refractivity contribution >= 4 is 11.8 Å². The summed E-state index contributed by atoms with van der Waals surface area (Å²) in [6.07, 6.45) is 1.99. The molecule has 0 saturated heterocycles. The molecule has 6 heteroatoms. The number of carbonyl (C=O) groups is 2. The van der Waals surface area contributed by atoms with Crippen LogP contribution in [0.1, 0.15) is 40.5 Å². The molecule has 20 heavy (non-hydrogen) atoms. The van der Waals surface area contributed by atoms with Crippen LogP contribution in [-0.2, 0) is 9.59 Å². The highest BCUT2D eigenvalue weighted by atomic mass is 16.2. The van der Waals surface area contributed by atoms with Gasteiger partial charge >= 0.3 is 0 Å². The zero-order valence-corrected chi connectivity index (χ0v) is 13.2. The Bertz CT molecular complexity index is 256. The third-order valence-corrected chi connectivity index (χ3v) is 3.22. The van der Waals surface area contributed by atoms with Gasteiger partial charge in [-0.15, -0.1) is 0 Å². The van der Waals surface area contributed by atoms with Crippen LogP contribution in [0.2, 0.25) is 0 Å². The molecule has 0 radical (unpaired) electrons. The Labute approximate surface area is 122 Å². The van der Waals surface area contributed by atoms with Crippen LogP contribution in [0.15, 0.2) is 0 Å². The van der Waals surface area contributed by atoms with Gasteiger partial charge in [0.15, 0.2) is 0 Å². The molecule has 0 aliphatic carbocycles. The lowest BCUT2D eigenvalue weighted by molar-refractivity contribution is -0.122. The highest BCUT2D eigenvalue weighted by molar-refractivity contribution is 5.79. The van der Waals surface area contributed by atoms with E-state index in [4.69, 9.17) is 0 Å². The van der Waals surface area contributed by atoms with Crippen LogP contribution in [0.4, 0.5) is 0 Å². The molecular formula is C14H30N4O2. The molecule has 0 fully saturated rings. The van der Waals surface area contributed by atoms with Gasteiger partial charge in [0.05, 0.1) is 13.1 Å². The maximum absolute atomic E-state index is 11.5. The molecule has 118 valence electrons. The number of amides is 2. The molecule has 0 spiro atoms. The van der Waals surface area contributed by atoms with E-state index in [0.29, 0.717) is 38.3 Å². The van der Waals surface area contributed by atoms with Crippen molar-refractivity contribution < 1.29 is 9.59 Å². The van der Waals surface area contributed by atoms with Crippen LogP contribution < -0.4 is 21.3 Å². The Hall–Kier alpha value is -1.14. The fourth-order valence-electron chi connectivity index (χ4n) is 1.35. The summed E-state index contributed by atoms with van der Waals surface area (Å²) in [5.74, 6) is -0.0884. The minimum atomic E-state index is -0.0442. The van der Waals surface area contributed by atoms with Crippen molar-refractivity contribution in [3.8, 4) is 0 Å². The second kappa shape index (κ2) is 11.7. The second-order valence-electron chi connectivity index (χ2n) is 5.08. The zero-order valence-electron chi connectivity index (χ0n) is 13.2. The predicted molar refractivity (Wildman–Crippen MR) is 81.5 cm³/mol. The van der Waals surface area contributed by atoms with Crippen LogP contribution >= 0.6 is 0 Å². The number of nitrogens with one attached hydrogen (secondary N) is 4. The molecule has 0 aromatic heterocycles. The first-order chi connectivity index (χ1) is 9.49. The summed E-state index contributed by atoms with van der Waals surface area (Å²) in [6, 6.07) is 0.680. The first kappa shape index (κ1) is 18.9. The van der Waals surface area contributed by atoms with E-state index in [2.05, 4.69) is 35.1 Å². The maximum Gasteiger partial charge on any atom is 0.234 e.